The van der Waals surface area contributed by atoms with Crippen molar-refractivity contribution >= 4 is 26.8 Å². The third kappa shape index (κ3) is 7.80. The molecule has 72 valence electrons. The molecule has 0 rings (SSSR count). The Labute approximate surface area is 72.3 Å². The summed E-state index contributed by atoms with van der Waals surface area (Å²) in [5, 5.41) is -0.981. The van der Waals surface area contributed by atoms with Gasteiger partial charge in [-0.05, 0) is 0 Å². The van der Waals surface area contributed by atoms with Crippen LogP contribution in [0.5, 0.6) is 0 Å². The molecule has 0 fully saturated rings. The number of rotatable bonds is 2. The topological polar surface area (TPSA) is 46.5 Å². The van der Waals surface area contributed by atoms with Gasteiger partial charge in [-0.15, -0.1) is 0 Å². The second kappa shape index (κ2) is 3.61. The van der Waals surface area contributed by atoms with Gasteiger partial charge in [0.1, 0.15) is 5.17 Å². The van der Waals surface area contributed by atoms with Gasteiger partial charge in [-0.25, -0.2) is 8.42 Å². The van der Waals surface area contributed by atoms with Crippen molar-refractivity contribution in [1.82, 2.24) is 0 Å². The van der Waals surface area contributed by atoms with E-state index in [9.17, 15) is 21.6 Å². The smallest absolute Gasteiger partial charge is 0.205 e. The Morgan fingerprint density at radius 1 is 1.50 bits per heavy atom. The van der Waals surface area contributed by atoms with Crippen molar-refractivity contribution in [2.24, 2.45) is 4.40 Å². The lowest BCUT2D eigenvalue weighted by Crippen LogP contribution is -2.12. The van der Waals surface area contributed by atoms with Crippen LogP contribution in [0.4, 0.5) is 13.2 Å². The first-order valence-electron chi connectivity index (χ1n) is 2.61. The van der Waals surface area contributed by atoms with Crippen molar-refractivity contribution < 1.29 is 21.6 Å². The molecule has 0 spiro atoms. The van der Waals surface area contributed by atoms with E-state index in [1.165, 1.54) is 0 Å². The summed E-state index contributed by atoms with van der Waals surface area (Å²) in [5.41, 5.74) is 0. The van der Waals surface area contributed by atoms with Crippen LogP contribution >= 0.6 is 11.6 Å². The summed E-state index contributed by atoms with van der Waals surface area (Å²) in [7, 11) is -3.84. The Morgan fingerprint density at radius 2 is 1.92 bits per heavy atom. The fourth-order valence-electron chi connectivity index (χ4n) is 0.378. The number of halogens is 4. The summed E-state index contributed by atoms with van der Waals surface area (Å²) in [6, 6.07) is 0. The standard InChI is InChI=1S/C4H5ClF3NO2S/c1-12(10,11)9-3(5)2-4(6,7)8/h2H2,1H3/b9-3-. The predicted molar refractivity (Wildman–Crippen MR) is 38.8 cm³/mol. The fourth-order valence-corrected chi connectivity index (χ4v) is 1.33. The highest BCUT2D eigenvalue weighted by Gasteiger charge is 2.29. The Hall–Kier alpha value is -0.300. The maximum atomic E-state index is 11.5. The molecule has 0 aromatic heterocycles. The Kier molecular flexibility index (Phi) is 3.52. The molecule has 0 heterocycles. The molecule has 3 nitrogen and oxygen atoms in total. The second-order valence-corrected chi connectivity index (χ2v) is 4.08. The van der Waals surface area contributed by atoms with Crippen molar-refractivity contribution in [3.05, 3.63) is 0 Å². The maximum absolute atomic E-state index is 11.5. The summed E-state index contributed by atoms with van der Waals surface area (Å²) in [6.07, 6.45) is -5.40. The summed E-state index contributed by atoms with van der Waals surface area (Å²) in [6.45, 7) is 0. The zero-order valence-corrected chi connectivity index (χ0v) is 7.46. The molecular weight excluding hydrogens is 219 g/mol. The van der Waals surface area contributed by atoms with Gasteiger partial charge in [-0.3, -0.25) is 0 Å². The number of alkyl halides is 3. The summed E-state index contributed by atoms with van der Waals surface area (Å²) < 4.78 is 57.8. The molecule has 12 heavy (non-hydrogen) atoms. The van der Waals surface area contributed by atoms with Crippen LogP contribution in [0.15, 0.2) is 4.40 Å². The molecular formula is C4H5ClF3NO2S. The molecule has 0 N–H and O–H groups in total. The van der Waals surface area contributed by atoms with Gasteiger partial charge in [0.15, 0.2) is 0 Å². The molecule has 0 amide bonds. The minimum atomic E-state index is -4.54. The van der Waals surface area contributed by atoms with E-state index in [0.29, 0.717) is 6.26 Å². The van der Waals surface area contributed by atoms with Gasteiger partial charge in [-0.1, -0.05) is 11.6 Å². The van der Waals surface area contributed by atoms with Crippen molar-refractivity contribution in [2.75, 3.05) is 6.26 Å². The summed E-state index contributed by atoms with van der Waals surface area (Å²) >= 11 is 4.90. The minimum absolute atomic E-state index is 0.658. The van der Waals surface area contributed by atoms with E-state index in [-0.39, 0.29) is 0 Å². The first kappa shape index (κ1) is 11.7. The highest BCUT2D eigenvalue weighted by molar-refractivity contribution is 7.89. The molecule has 0 aliphatic rings. The SMILES string of the molecule is CS(=O)(=O)/N=C(\Cl)CC(F)(F)F. The monoisotopic (exact) mass is 223 g/mol. The van der Waals surface area contributed by atoms with Crippen molar-refractivity contribution in [3.8, 4) is 0 Å². The molecule has 0 aliphatic carbocycles. The van der Waals surface area contributed by atoms with E-state index < -0.39 is 27.8 Å². The zero-order valence-electron chi connectivity index (χ0n) is 5.89. The summed E-state index contributed by atoms with van der Waals surface area (Å²) in [4.78, 5) is 0. The summed E-state index contributed by atoms with van der Waals surface area (Å²) in [5.74, 6) is 0. The van der Waals surface area contributed by atoms with Crippen LogP contribution in [0.2, 0.25) is 0 Å². The molecule has 0 saturated heterocycles. The molecule has 0 aromatic rings. The van der Waals surface area contributed by atoms with Gasteiger partial charge < -0.3 is 0 Å². The quantitative estimate of drug-likeness (QED) is 0.667. The van der Waals surface area contributed by atoms with Crippen LogP contribution < -0.4 is 0 Å². The van der Waals surface area contributed by atoms with E-state index >= 15 is 0 Å². The number of hydrogen-bond donors (Lipinski definition) is 0. The lowest BCUT2D eigenvalue weighted by molar-refractivity contribution is -0.120. The Balaban J connectivity index is 4.44. The molecule has 8 heteroatoms. The van der Waals surface area contributed by atoms with Gasteiger partial charge in [0.05, 0.1) is 12.7 Å². The largest absolute Gasteiger partial charge is 0.395 e. The van der Waals surface area contributed by atoms with Crippen LogP contribution in [0, 0.1) is 0 Å². The molecule has 0 unspecified atom stereocenters. The number of sulfonamides is 1. The first-order valence-corrected chi connectivity index (χ1v) is 4.84. The maximum Gasteiger partial charge on any atom is 0.395 e. The average Bonchev–Trinajstić information content (AvgIpc) is 1.49. The van der Waals surface area contributed by atoms with E-state index in [2.05, 4.69) is 4.40 Å². The number of hydrogen-bond acceptors (Lipinski definition) is 2. The van der Waals surface area contributed by atoms with Crippen LogP contribution in [0.3, 0.4) is 0 Å². The highest BCUT2D eigenvalue weighted by atomic mass is 35.5. The van der Waals surface area contributed by atoms with Gasteiger partial charge in [0.25, 0.3) is 10.0 Å². The van der Waals surface area contributed by atoms with Crippen molar-refractivity contribution in [3.63, 3.8) is 0 Å². The molecule has 0 saturated carbocycles. The van der Waals surface area contributed by atoms with Gasteiger partial charge >= 0.3 is 6.18 Å². The fraction of sp³-hybridized carbons (Fsp3) is 0.750. The van der Waals surface area contributed by atoms with Crippen LogP contribution in [0.25, 0.3) is 0 Å². The number of nitrogens with zero attached hydrogens (tertiary/aromatic N) is 1. The lowest BCUT2D eigenvalue weighted by atomic mass is 10.5. The van der Waals surface area contributed by atoms with E-state index in [1.54, 1.807) is 0 Å². The molecule has 0 aromatic carbocycles. The van der Waals surface area contributed by atoms with E-state index in [0.717, 1.165) is 0 Å². The second-order valence-electron chi connectivity index (χ2n) is 1.99. The van der Waals surface area contributed by atoms with Gasteiger partial charge in [-0.2, -0.15) is 17.6 Å². The highest BCUT2D eigenvalue weighted by Crippen LogP contribution is 2.21. The minimum Gasteiger partial charge on any atom is -0.205 e. The normalized spacial score (nSPS) is 14.9. The van der Waals surface area contributed by atoms with Crippen molar-refractivity contribution in [2.45, 2.75) is 12.6 Å². The molecule has 0 atom stereocenters. The lowest BCUT2D eigenvalue weighted by Gasteiger charge is -2.02. The molecule has 0 aliphatic heterocycles. The van der Waals surface area contributed by atoms with E-state index in [1.807, 2.05) is 0 Å². The predicted octanol–water partition coefficient (Wildman–Crippen LogP) is 1.54. The van der Waals surface area contributed by atoms with Gasteiger partial charge in [0, 0.05) is 0 Å². The van der Waals surface area contributed by atoms with Gasteiger partial charge in [0.2, 0.25) is 0 Å². The third-order valence-electron chi connectivity index (χ3n) is 0.611. The first-order chi connectivity index (χ1) is 5.10. The zero-order chi connectivity index (χ0) is 9.99. The third-order valence-corrected chi connectivity index (χ3v) is 1.48. The van der Waals surface area contributed by atoms with Crippen molar-refractivity contribution in [1.29, 1.82) is 0 Å². The molecule has 0 radical (unpaired) electrons. The van der Waals surface area contributed by atoms with Crippen LogP contribution in [-0.2, 0) is 10.0 Å². The van der Waals surface area contributed by atoms with Crippen LogP contribution in [-0.4, -0.2) is 26.0 Å². The Bertz CT molecular complexity index is 281. The van der Waals surface area contributed by atoms with E-state index in [4.69, 9.17) is 11.6 Å². The Morgan fingerprint density at radius 3 is 2.17 bits per heavy atom. The average molecular weight is 224 g/mol. The van der Waals surface area contributed by atoms with Crippen LogP contribution in [0.1, 0.15) is 6.42 Å². The molecule has 0 bridgehead atoms.